The van der Waals surface area contributed by atoms with Gasteiger partial charge in [-0.25, -0.2) is 8.42 Å². The van der Waals surface area contributed by atoms with Gasteiger partial charge in [-0.3, -0.25) is 9.30 Å². The minimum absolute atomic E-state index is 0.0244. The van der Waals surface area contributed by atoms with Gasteiger partial charge in [0.1, 0.15) is 0 Å². The van der Waals surface area contributed by atoms with Crippen LogP contribution in [0.5, 0.6) is 0 Å². The van der Waals surface area contributed by atoms with Crippen LogP contribution in [0.1, 0.15) is 32.8 Å². The molecule has 28 heavy (non-hydrogen) atoms. The summed E-state index contributed by atoms with van der Waals surface area (Å²) in [6, 6.07) is 7.69. The van der Waals surface area contributed by atoms with Crippen LogP contribution in [0, 0.1) is 5.92 Å². The first-order valence-electron chi connectivity index (χ1n) is 10.1. The fraction of sp³-hybridized carbons (Fsp3) is 0.650. The zero-order valence-corrected chi connectivity index (χ0v) is 18.1. The number of aliphatic imine (C=N–C) groups is 1. The van der Waals surface area contributed by atoms with Crippen molar-refractivity contribution >= 4 is 21.7 Å². The maximum absolute atomic E-state index is 12.7. The van der Waals surface area contributed by atoms with E-state index in [0.717, 1.165) is 30.7 Å². The van der Waals surface area contributed by atoms with Crippen LogP contribution in [-0.4, -0.2) is 59.5 Å². The molecule has 1 aliphatic rings. The number of anilines is 1. The van der Waals surface area contributed by atoms with Crippen molar-refractivity contribution in [2.24, 2.45) is 10.9 Å². The van der Waals surface area contributed by atoms with Crippen LogP contribution in [-0.2, 0) is 21.2 Å². The Morgan fingerprint density at radius 3 is 2.79 bits per heavy atom. The normalized spacial score (nSPS) is 14.4. The van der Waals surface area contributed by atoms with E-state index in [1.807, 2.05) is 31.2 Å². The lowest BCUT2D eigenvalue weighted by molar-refractivity contribution is 0.130. The second kappa shape index (κ2) is 11.3. The molecule has 1 aromatic carbocycles. The Balaban J connectivity index is 1.79. The summed E-state index contributed by atoms with van der Waals surface area (Å²) in [6.07, 6.45) is 1.81. The third-order valence-corrected chi connectivity index (χ3v) is 6.29. The number of benzene rings is 1. The zero-order valence-electron chi connectivity index (χ0n) is 17.3. The summed E-state index contributed by atoms with van der Waals surface area (Å²) in [5.74, 6) is 1.27. The monoisotopic (exact) mass is 410 g/mol. The van der Waals surface area contributed by atoms with E-state index in [0.29, 0.717) is 44.7 Å². The minimum atomic E-state index is -3.36. The topological polar surface area (TPSA) is 83.0 Å². The van der Waals surface area contributed by atoms with Crippen molar-refractivity contribution in [2.75, 3.05) is 49.5 Å². The van der Waals surface area contributed by atoms with E-state index >= 15 is 0 Å². The van der Waals surface area contributed by atoms with Gasteiger partial charge in [0.05, 0.1) is 24.6 Å². The van der Waals surface area contributed by atoms with E-state index in [9.17, 15) is 8.42 Å². The zero-order chi connectivity index (χ0) is 20.4. The Morgan fingerprint density at radius 2 is 2.04 bits per heavy atom. The molecular formula is C20H34N4O3S. The lowest BCUT2D eigenvalue weighted by atomic mass is 10.1. The smallest absolute Gasteiger partial charge is 0.236 e. The van der Waals surface area contributed by atoms with Crippen LogP contribution >= 0.6 is 0 Å². The van der Waals surface area contributed by atoms with E-state index in [-0.39, 0.29) is 5.75 Å². The van der Waals surface area contributed by atoms with Crippen molar-refractivity contribution in [1.29, 1.82) is 0 Å². The van der Waals surface area contributed by atoms with Crippen molar-refractivity contribution in [3.63, 3.8) is 0 Å². The van der Waals surface area contributed by atoms with Crippen LogP contribution in [0.2, 0.25) is 0 Å². The Morgan fingerprint density at radius 1 is 1.25 bits per heavy atom. The van der Waals surface area contributed by atoms with Crippen LogP contribution in [0.15, 0.2) is 29.3 Å². The van der Waals surface area contributed by atoms with Crippen LogP contribution < -0.4 is 14.9 Å². The van der Waals surface area contributed by atoms with Gasteiger partial charge in [-0.1, -0.05) is 32.0 Å². The molecule has 0 unspecified atom stereocenters. The summed E-state index contributed by atoms with van der Waals surface area (Å²) in [4.78, 5) is 4.44. The van der Waals surface area contributed by atoms with Crippen molar-refractivity contribution in [1.82, 2.24) is 10.6 Å². The Bertz CT molecular complexity index is 735. The summed E-state index contributed by atoms with van der Waals surface area (Å²) < 4.78 is 32.5. The lowest BCUT2D eigenvalue weighted by Gasteiger charge is -2.20. The van der Waals surface area contributed by atoms with Gasteiger partial charge in [0.2, 0.25) is 10.0 Å². The molecular weight excluding hydrogens is 376 g/mol. The molecule has 2 N–H and O–H groups in total. The summed E-state index contributed by atoms with van der Waals surface area (Å²) in [7, 11) is -3.36. The number of fused-ring (bicyclic) bond motifs is 1. The van der Waals surface area contributed by atoms with E-state index in [1.54, 1.807) is 0 Å². The van der Waals surface area contributed by atoms with Gasteiger partial charge in [-0.15, -0.1) is 0 Å². The number of para-hydroxylation sites is 1. The fourth-order valence-electron chi connectivity index (χ4n) is 2.99. The molecule has 0 spiro atoms. The molecule has 7 nitrogen and oxygen atoms in total. The molecule has 8 heteroatoms. The van der Waals surface area contributed by atoms with Gasteiger partial charge in [0, 0.05) is 26.2 Å². The number of hydrogen-bond acceptors (Lipinski definition) is 4. The highest BCUT2D eigenvalue weighted by atomic mass is 32.2. The summed E-state index contributed by atoms with van der Waals surface area (Å²) in [5, 5.41) is 6.25. The summed E-state index contributed by atoms with van der Waals surface area (Å²) in [6.45, 7) is 9.71. The SMILES string of the molecule is CCNC(=NCCOCCC(C)C)NCCS(=O)(=O)N1CCc2ccccc21. The number of hydrogen-bond donors (Lipinski definition) is 2. The third kappa shape index (κ3) is 6.98. The molecule has 0 amide bonds. The van der Waals surface area contributed by atoms with Gasteiger partial charge in [0.25, 0.3) is 0 Å². The molecule has 0 aromatic heterocycles. The summed E-state index contributed by atoms with van der Waals surface area (Å²) >= 11 is 0. The minimum Gasteiger partial charge on any atom is -0.380 e. The first kappa shape index (κ1) is 22.5. The third-order valence-electron chi connectivity index (χ3n) is 4.52. The lowest BCUT2D eigenvalue weighted by Crippen LogP contribution is -2.42. The predicted molar refractivity (Wildman–Crippen MR) is 116 cm³/mol. The van der Waals surface area contributed by atoms with Crippen molar-refractivity contribution in [3.05, 3.63) is 29.8 Å². The van der Waals surface area contributed by atoms with Crippen LogP contribution in [0.4, 0.5) is 5.69 Å². The molecule has 0 fully saturated rings. The molecule has 2 rings (SSSR count). The first-order valence-corrected chi connectivity index (χ1v) is 11.7. The highest BCUT2D eigenvalue weighted by Crippen LogP contribution is 2.29. The molecule has 158 valence electrons. The number of nitrogens with one attached hydrogen (secondary N) is 2. The van der Waals surface area contributed by atoms with Crippen molar-refractivity contribution < 1.29 is 13.2 Å². The van der Waals surface area contributed by atoms with E-state index in [1.165, 1.54) is 4.31 Å². The Kier molecular flexibility index (Phi) is 9.05. The van der Waals surface area contributed by atoms with Gasteiger partial charge in [-0.2, -0.15) is 0 Å². The molecule has 0 atom stereocenters. The molecule has 0 bridgehead atoms. The van der Waals surface area contributed by atoms with E-state index in [2.05, 4.69) is 29.5 Å². The molecule has 0 radical (unpaired) electrons. The van der Waals surface area contributed by atoms with E-state index in [4.69, 9.17) is 4.74 Å². The molecule has 1 aromatic rings. The summed E-state index contributed by atoms with van der Waals surface area (Å²) in [5.41, 5.74) is 1.90. The fourth-order valence-corrected chi connectivity index (χ4v) is 4.42. The van der Waals surface area contributed by atoms with Gasteiger partial charge < -0.3 is 15.4 Å². The number of guanidine groups is 1. The van der Waals surface area contributed by atoms with Crippen LogP contribution in [0.3, 0.4) is 0 Å². The van der Waals surface area contributed by atoms with Gasteiger partial charge >= 0.3 is 0 Å². The maximum Gasteiger partial charge on any atom is 0.236 e. The second-order valence-corrected chi connectivity index (χ2v) is 9.26. The largest absolute Gasteiger partial charge is 0.380 e. The van der Waals surface area contributed by atoms with E-state index < -0.39 is 10.0 Å². The van der Waals surface area contributed by atoms with Crippen molar-refractivity contribution in [3.8, 4) is 0 Å². The molecule has 1 aliphatic heterocycles. The van der Waals surface area contributed by atoms with Gasteiger partial charge in [-0.05, 0) is 37.3 Å². The standard InChI is InChI=1S/C20H34N4O3S/c1-4-21-20(22-11-15-27-14-10-17(2)3)23-12-16-28(25,26)24-13-9-18-7-5-6-8-19(18)24/h5-8,17H,4,9-16H2,1-3H3,(H2,21,22,23). The molecule has 0 saturated heterocycles. The highest BCUT2D eigenvalue weighted by Gasteiger charge is 2.28. The number of sulfonamides is 1. The average Bonchev–Trinajstić information content (AvgIpc) is 3.09. The molecule has 0 aliphatic carbocycles. The predicted octanol–water partition coefficient (Wildman–Crippen LogP) is 2.00. The second-order valence-electron chi connectivity index (χ2n) is 7.25. The maximum atomic E-state index is 12.7. The highest BCUT2D eigenvalue weighted by molar-refractivity contribution is 7.92. The average molecular weight is 411 g/mol. The Labute approximate surface area is 169 Å². The van der Waals surface area contributed by atoms with Gasteiger partial charge in [0.15, 0.2) is 5.96 Å². The first-order chi connectivity index (χ1) is 13.4. The molecule has 0 saturated carbocycles. The number of ether oxygens (including phenoxy) is 1. The Hall–Kier alpha value is -1.80. The number of nitrogens with zero attached hydrogens (tertiary/aromatic N) is 2. The molecule has 1 heterocycles. The van der Waals surface area contributed by atoms with Crippen LogP contribution in [0.25, 0.3) is 0 Å². The van der Waals surface area contributed by atoms with Crippen molar-refractivity contribution in [2.45, 2.75) is 33.6 Å². The number of rotatable bonds is 11. The quantitative estimate of drug-likeness (QED) is 0.331.